The van der Waals surface area contributed by atoms with Gasteiger partial charge in [-0.1, -0.05) is 32.1 Å². The molecule has 0 spiro atoms. The summed E-state index contributed by atoms with van der Waals surface area (Å²) in [5, 5.41) is 13.4. The summed E-state index contributed by atoms with van der Waals surface area (Å²) in [6.07, 6.45) is 2.79. The summed E-state index contributed by atoms with van der Waals surface area (Å²) in [6.45, 7) is 8.10. The highest BCUT2D eigenvalue weighted by Crippen LogP contribution is 2.34. The zero-order valence-electron chi connectivity index (χ0n) is 13.7. The zero-order chi connectivity index (χ0) is 16.4. The Bertz CT molecular complexity index is 599. The number of nitrogens with zero attached hydrogens (tertiary/aromatic N) is 2. The lowest BCUT2D eigenvalue weighted by Crippen LogP contribution is -2.41. The molecular formula is C14H25N3O3S2. The first-order valence-electron chi connectivity index (χ1n) is 7.43. The molecule has 0 saturated carbocycles. The molecule has 1 N–H and O–H groups in total. The fraction of sp³-hybridized carbons (Fsp3) is 0.857. The maximum Gasteiger partial charge on any atom is 0.205 e. The molecule has 0 bridgehead atoms. The fourth-order valence-electron chi connectivity index (χ4n) is 2.59. The summed E-state index contributed by atoms with van der Waals surface area (Å²) in [4.78, 5) is 0. The van der Waals surface area contributed by atoms with Crippen molar-refractivity contribution in [2.24, 2.45) is 5.41 Å². The summed E-state index contributed by atoms with van der Waals surface area (Å²) in [5.74, 6) is 0.182. The van der Waals surface area contributed by atoms with E-state index in [1.165, 1.54) is 17.6 Å². The Morgan fingerprint density at radius 1 is 1.27 bits per heavy atom. The molecule has 126 valence electrons. The number of nitrogens with one attached hydrogen (secondary N) is 1. The van der Waals surface area contributed by atoms with Crippen molar-refractivity contribution in [1.29, 1.82) is 0 Å². The van der Waals surface area contributed by atoms with Crippen molar-refractivity contribution in [2.45, 2.75) is 39.0 Å². The van der Waals surface area contributed by atoms with Crippen molar-refractivity contribution in [3.05, 3.63) is 5.01 Å². The van der Waals surface area contributed by atoms with E-state index in [-0.39, 0.29) is 16.6 Å². The maximum atomic E-state index is 11.8. The zero-order valence-corrected chi connectivity index (χ0v) is 15.3. The molecule has 22 heavy (non-hydrogen) atoms. The number of ether oxygens (including phenoxy) is 1. The van der Waals surface area contributed by atoms with Crippen molar-refractivity contribution in [2.75, 3.05) is 37.1 Å². The highest BCUT2D eigenvalue weighted by atomic mass is 32.2. The van der Waals surface area contributed by atoms with Gasteiger partial charge < -0.3 is 10.1 Å². The van der Waals surface area contributed by atoms with Gasteiger partial charge in [-0.25, -0.2) is 8.42 Å². The average molecular weight is 348 g/mol. The van der Waals surface area contributed by atoms with Crippen molar-refractivity contribution in [1.82, 2.24) is 10.2 Å². The molecule has 2 heterocycles. The first-order valence-corrected chi connectivity index (χ1v) is 10.3. The van der Waals surface area contributed by atoms with Crippen LogP contribution in [0.4, 0.5) is 5.13 Å². The molecule has 0 amide bonds. The number of sulfone groups is 1. The second-order valence-corrected chi connectivity index (χ2v) is 10.3. The summed E-state index contributed by atoms with van der Waals surface area (Å²) in [5.41, 5.74) is -0.305. The van der Waals surface area contributed by atoms with Crippen LogP contribution in [0.15, 0.2) is 0 Å². The molecule has 6 nitrogen and oxygen atoms in total. The number of aromatic nitrogens is 2. The molecule has 1 saturated heterocycles. The Balaban J connectivity index is 2.07. The van der Waals surface area contributed by atoms with Crippen LogP contribution in [0.2, 0.25) is 0 Å². The number of rotatable bonds is 5. The molecule has 0 aromatic carbocycles. The maximum absolute atomic E-state index is 11.8. The smallest absolute Gasteiger partial charge is 0.205 e. The van der Waals surface area contributed by atoms with Gasteiger partial charge in [0.2, 0.25) is 5.13 Å². The van der Waals surface area contributed by atoms with E-state index in [2.05, 4.69) is 36.3 Å². The Hall–Kier alpha value is -0.730. The van der Waals surface area contributed by atoms with Crippen LogP contribution in [0.3, 0.4) is 0 Å². The Morgan fingerprint density at radius 3 is 2.41 bits per heavy atom. The summed E-state index contributed by atoms with van der Waals surface area (Å²) >= 11 is 1.53. The van der Waals surface area contributed by atoms with E-state index >= 15 is 0 Å². The van der Waals surface area contributed by atoms with Gasteiger partial charge in [-0.15, -0.1) is 10.2 Å². The van der Waals surface area contributed by atoms with E-state index in [0.29, 0.717) is 19.8 Å². The van der Waals surface area contributed by atoms with Gasteiger partial charge in [0.1, 0.15) is 14.8 Å². The van der Waals surface area contributed by atoms with E-state index in [4.69, 9.17) is 4.74 Å². The average Bonchev–Trinajstić information content (AvgIpc) is 2.84. The molecule has 1 aromatic rings. The first-order chi connectivity index (χ1) is 10.1. The minimum atomic E-state index is -3.03. The first kappa shape index (κ1) is 17.6. The lowest BCUT2D eigenvalue weighted by Gasteiger charge is -2.36. The third kappa shape index (κ3) is 4.89. The molecule has 0 radical (unpaired) electrons. The lowest BCUT2D eigenvalue weighted by molar-refractivity contribution is 0.0315. The molecule has 1 aromatic heterocycles. The van der Waals surface area contributed by atoms with Gasteiger partial charge in [-0.3, -0.25) is 0 Å². The highest BCUT2D eigenvalue weighted by molar-refractivity contribution is 7.90. The Kier molecular flexibility index (Phi) is 5.13. The van der Waals surface area contributed by atoms with E-state index in [1.807, 2.05) is 0 Å². The van der Waals surface area contributed by atoms with Gasteiger partial charge in [0.15, 0.2) is 0 Å². The van der Waals surface area contributed by atoms with Crippen molar-refractivity contribution >= 4 is 26.3 Å². The van der Waals surface area contributed by atoms with Gasteiger partial charge in [0, 0.05) is 36.8 Å². The third-order valence-corrected chi connectivity index (χ3v) is 6.25. The SMILES string of the molecule is CC(C)(C)c1nnc(NCC2(CS(C)(=O)=O)CCOCC2)s1. The van der Waals surface area contributed by atoms with Crippen molar-refractivity contribution in [3.63, 3.8) is 0 Å². The van der Waals surface area contributed by atoms with Gasteiger partial charge in [-0.2, -0.15) is 0 Å². The number of hydrogen-bond donors (Lipinski definition) is 1. The standard InChI is InChI=1S/C14H25N3O3S2/c1-13(2,3)11-16-17-12(21-11)15-9-14(10-22(4,18)19)5-7-20-8-6-14/h5-10H2,1-4H3,(H,15,17). The summed E-state index contributed by atoms with van der Waals surface area (Å²) < 4.78 is 28.9. The molecule has 8 heteroatoms. The van der Waals surface area contributed by atoms with Crippen LogP contribution in [0.25, 0.3) is 0 Å². The van der Waals surface area contributed by atoms with Gasteiger partial charge >= 0.3 is 0 Å². The van der Waals surface area contributed by atoms with Crippen LogP contribution in [-0.2, 0) is 20.0 Å². The van der Waals surface area contributed by atoms with Crippen LogP contribution >= 0.6 is 11.3 Å². The van der Waals surface area contributed by atoms with E-state index < -0.39 is 9.84 Å². The molecule has 0 atom stereocenters. The number of anilines is 1. The predicted molar refractivity (Wildman–Crippen MR) is 89.3 cm³/mol. The molecule has 1 aliphatic rings. The van der Waals surface area contributed by atoms with Crippen LogP contribution in [0.1, 0.15) is 38.6 Å². The van der Waals surface area contributed by atoms with E-state index in [9.17, 15) is 8.42 Å². The molecular weight excluding hydrogens is 322 g/mol. The molecule has 0 aliphatic carbocycles. The Morgan fingerprint density at radius 2 is 1.91 bits per heavy atom. The van der Waals surface area contributed by atoms with Crippen LogP contribution in [0, 0.1) is 5.41 Å². The van der Waals surface area contributed by atoms with Crippen molar-refractivity contribution in [3.8, 4) is 0 Å². The minimum absolute atomic E-state index is 0.0271. The second kappa shape index (κ2) is 6.41. The quantitative estimate of drug-likeness (QED) is 0.878. The lowest BCUT2D eigenvalue weighted by atomic mass is 9.82. The van der Waals surface area contributed by atoms with Crippen LogP contribution < -0.4 is 5.32 Å². The topological polar surface area (TPSA) is 81.2 Å². The largest absolute Gasteiger partial charge is 0.381 e. The van der Waals surface area contributed by atoms with Gasteiger partial charge in [0.05, 0.1) is 5.75 Å². The third-order valence-electron chi connectivity index (χ3n) is 3.80. The monoisotopic (exact) mass is 347 g/mol. The van der Waals surface area contributed by atoms with Crippen molar-refractivity contribution < 1.29 is 13.2 Å². The Labute approximate surface area is 136 Å². The summed E-state index contributed by atoms with van der Waals surface area (Å²) in [6, 6.07) is 0. The summed E-state index contributed by atoms with van der Waals surface area (Å²) in [7, 11) is -3.03. The van der Waals surface area contributed by atoms with Gasteiger partial charge in [-0.05, 0) is 12.8 Å². The normalized spacial score (nSPS) is 19.1. The molecule has 1 aliphatic heterocycles. The van der Waals surface area contributed by atoms with Gasteiger partial charge in [0.25, 0.3) is 0 Å². The second-order valence-electron chi connectivity index (χ2n) is 7.20. The predicted octanol–water partition coefficient (Wildman–Crippen LogP) is 2.09. The highest BCUT2D eigenvalue weighted by Gasteiger charge is 2.36. The molecule has 0 unspecified atom stereocenters. The fourth-order valence-corrected chi connectivity index (χ4v) is 4.89. The molecule has 1 fully saturated rings. The van der Waals surface area contributed by atoms with E-state index in [1.54, 1.807) is 0 Å². The minimum Gasteiger partial charge on any atom is -0.381 e. The van der Waals surface area contributed by atoms with Crippen LogP contribution in [-0.4, -0.2) is 50.4 Å². The number of hydrogen-bond acceptors (Lipinski definition) is 7. The van der Waals surface area contributed by atoms with Crippen LogP contribution in [0.5, 0.6) is 0 Å². The van der Waals surface area contributed by atoms with E-state index in [0.717, 1.165) is 23.0 Å². The molecule has 2 rings (SSSR count).